The number of nitrogens with zero attached hydrogens (tertiary/aromatic N) is 2. The van der Waals surface area contributed by atoms with Crippen LogP contribution in [-0.4, -0.2) is 46.9 Å². The fourth-order valence-corrected chi connectivity index (χ4v) is 3.22. The average molecular weight is 438 g/mol. The van der Waals surface area contributed by atoms with Gasteiger partial charge in [0.05, 0.1) is 23.8 Å². The quantitative estimate of drug-likeness (QED) is 0.518. The number of halogens is 1. The van der Waals surface area contributed by atoms with Crippen molar-refractivity contribution in [2.45, 2.75) is 31.8 Å². The lowest BCUT2D eigenvalue weighted by molar-refractivity contribution is -0.145. The molecule has 1 heterocycles. The molecule has 2 atom stereocenters. The van der Waals surface area contributed by atoms with E-state index in [9.17, 15) is 18.8 Å². The van der Waals surface area contributed by atoms with Crippen LogP contribution in [0.2, 0.25) is 0 Å². The van der Waals surface area contributed by atoms with Crippen LogP contribution in [0, 0.1) is 5.82 Å². The van der Waals surface area contributed by atoms with Crippen LogP contribution >= 0.6 is 0 Å². The highest BCUT2D eigenvalue weighted by atomic mass is 19.1. The van der Waals surface area contributed by atoms with Crippen LogP contribution in [0.3, 0.4) is 0 Å². The van der Waals surface area contributed by atoms with Gasteiger partial charge in [-0.05, 0) is 29.8 Å². The zero-order valence-corrected chi connectivity index (χ0v) is 17.7. The maximum Gasteiger partial charge on any atom is 0.328 e. The van der Waals surface area contributed by atoms with Crippen LogP contribution in [0.15, 0.2) is 54.7 Å². The van der Waals surface area contributed by atoms with E-state index in [0.717, 1.165) is 0 Å². The molecular formula is C23H23FN4O4. The molecule has 166 valence electrons. The summed E-state index contributed by atoms with van der Waals surface area (Å²) in [6.07, 6.45) is 1.71. The van der Waals surface area contributed by atoms with Crippen LogP contribution in [0.5, 0.6) is 0 Å². The van der Waals surface area contributed by atoms with E-state index in [4.69, 9.17) is 4.74 Å². The minimum Gasteiger partial charge on any atom is -0.467 e. The Kier molecular flexibility index (Phi) is 7.43. The average Bonchev–Trinajstić information content (AvgIpc) is 2.78. The molecule has 0 saturated heterocycles. The molecule has 2 N–H and O–H groups in total. The minimum atomic E-state index is -1.03. The van der Waals surface area contributed by atoms with Gasteiger partial charge < -0.3 is 15.4 Å². The summed E-state index contributed by atoms with van der Waals surface area (Å²) in [5.74, 6) is -2.05. The number of benzene rings is 2. The normalized spacial score (nSPS) is 12.6. The zero-order valence-electron chi connectivity index (χ0n) is 17.7. The van der Waals surface area contributed by atoms with Crippen molar-refractivity contribution in [3.8, 4) is 0 Å². The minimum absolute atomic E-state index is 0.0551. The van der Waals surface area contributed by atoms with Gasteiger partial charge in [-0.2, -0.15) is 0 Å². The molecule has 0 radical (unpaired) electrons. The Bertz CT molecular complexity index is 1120. The fourth-order valence-electron chi connectivity index (χ4n) is 3.22. The lowest BCUT2D eigenvalue weighted by Crippen LogP contribution is -2.53. The summed E-state index contributed by atoms with van der Waals surface area (Å²) < 4.78 is 18.0. The van der Waals surface area contributed by atoms with E-state index >= 15 is 0 Å². The molecule has 3 aromatic rings. The number of ether oxygens (including phenoxy) is 1. The zero-order chi connectivity index (χ0) is 23.1. The summed E-state index contributed by atoms with van der Waals surface area (Å²) in [6.45, 7) is 1.29. The fraction of sp³-hybridized carbons (Fsp3) is 0.261. The third-order valence-electron chi connectivity index (χ3n) is 4.76. The standard InChI is InChI=1S/C23H23FN4O4/c1-14(29)26-20(11-15-7-9-16(24)10-8-15)22(30)28-21(23(31)32-2)12-17-13-25-18-5-3-4-6-19(18)27-17/h3-10,13,20-21H,11-12H2,1-2H3,(H,26,29)(H,28,30)/t20-,21+/m0/s1. The predicted molar refractivity (Wildman–Crippen MR) is 115 cm³/mol. The number of amides is 2. The number of carbonyl (C=O) groups excluding carboxylic acids is 3. The Labute approximate surface area is 184 Å². The van der Waals surface area contributed by atoms with Crippen molar-refractivity contribution in [2.75, 3.05) is 7.11 Å². The maximum atomic E-state index is 13.2. The smallest absolute Gasteiger partial charge is 0.328 e. The van der Waals surface area contributed by atoms with Crippen molar-refractivity contribution in [3.63, 3.8) is 0 Å². The summed E-state index contributed by atoms with van der Waals surface area (Å²) in [5, 5.41) is 5.20. The van der Waals surface area contributed by atoms with Gasteiger partial charge in [0.2, 0.25) is 11.8 Å². The highest BCUT2D eigenvalue weighted by Gasteiger charge is 2.28. The number of rotatable bonds is 8. The van der Waals surface area contributed by atoms with Crippen molar-refractivity contribution in [2.24, 2.45) is 0 Å². The number of para-hydroxylation sites is 2. The van der Waals surface area contributed by atoms with Gasteiger partial charge in [-0.25, -0.2) is 14.2 Å². The molecule has 9 heteroatoms. The molecule has 0 spiro atoms. The highest BCUT2D eigenvalue weighted by molar-refractivity contribution is 5.90. The molecule has 0 aliphatic heterocycles. The maximum absolute atomic E-state index is 13.2. The topological polar surface area (TPSA) is 110 Å². The van der Waals surface area contributed by atoms with E-state index < -0.39 is 35.7 Å². The summed E-state index contributed by atoms with van der Waals surface area (Å²) in [5.41, 5.74) is 2.51. The highest BCUT2D eigenvalue weighted by Crippen LogP contribution is 2.11. The Morgan fingerprint density at radius 2 is 1.66 bits per heavy atom. The van der Waals surface area contributed by atoms with Crippen molar-refractivity contribution >= 4 is 28.8 Å². The lowest BCUT2D eigenvalue weighted by Gasteiger charge is -2.22. The summed E-state index contributed by atoms with van der Waals surface area (Å²) in [4.78, 5) is 45.7. The van der Waals surface area contributed by atoms with Gasteiger partial charge >= 0.3 is 5.97 Å². The summed E-state index contributed by atoms with van der Waals surface area (Å²) >= 11 is 0. The molecule has 0 fully saturated rings. The molecule has 1 aromatic heterocycles. The van der Waals surface area contributed by atoms with Gasteiger partial charge in [-0.3, -0.25) is 14.6 Å². The van der Waals surface area contributed by atoms with Crippen molar-refractivity contribution < 1.29 is 23.5 Å². The number of fused-ring (bicyclic) bond motifs is 1. The second-order valence-corrected chi connectivity index (χ2v) is 7.22. The second kappa shape index (κ2) is 10.4. The van der Waals surface area contributed by atoms with E-state index in [1.54, 1.807) is 6.07 Å². The summed E-state index contributed by atoms with van der Waals surface area (Å²) in [6, 6.07) is 10.9. The first-order valence-corrected chi connectivity index (χ1v) is 9.96. The Hall–Kier alpha value is -3.88. The lowest BCUT2D eigenvalue weighted by atomic mass is 10.0. The number of aromatic nitrogens is 2. The van der Waals surface area contributed by atoms with Gasteiger partial charge in [-0.15, -0.1) is 0 Å². The van der Waals surface area contributed by atoms with Crippen LogP contribution < -0.4 is 10.6 Å². The SMILES string of the molecule is COC(=O)[C@@H](Cc1cnc2ccccc2n1)NC(=O)[C@H](Cc1ccc(F)cc1)NC(C)=O. The third-order valence-corrected chi connectivity index (χ3v) is 4.76. The van der Waals surface area contributed by atoms with Gasteiger partial charge in [0.1, 0.15) is 17.9 Å². The van der Waals surface area contributed by atoms with Crippen molar-refractivity contribution in [3.05, 3.63) is 71.8 Å². The molecule has 0 aliphatic rings. The van der Waals surface area contributed by atoms with Gasteiger partial charge in [0.25, 0.3) is 0 Å². The van der Waals surface area contributed by atoms with Crippen molar-refractivity contribution in [1.29, 1.82) is 0 Å². The first-order chi connectivity index (χ1) is 15.4. The Morgan fingerprint density at radius 1 is 0.969 bits per heavy atom. The van der Waals surface area contributed by atoms with E-state index in [1.807, 2.05) is 18.2 Å². The van der Waals surface area contributed by atoms with Gasteiger partial charge in [0, 0.05) is 26.0 Å². The molecule has 0 saturated carbocycles. The van der Waals surface area contributed by atoms with E-state index in [2.05, 4.69) is 20.6 Å². The number of carbonyl (C=O) groups is 3. The summed E-state index contributed by atoms with van der Waals surface area (Å²) in [7, 11) is 1.22. The third kappa shape index (κ3) is 6.07. The molecule has 2 amide bonds. The van der Waals surface area contributed by atoms with Crippen LogP contribution in [0.4, 0.5) is 4.39 Å². The first kappa shape index (κ1) is 22.8. The first-order valence-electron chi connectivity index (χ1n) is 9.96. The van der Waals surface area contributed by atoms with E-state index in [-0.39, 0.29) is 12.8 Å². The van der Waals surface area contributed by atoms with E-state index in [1.165, 1.54) is 44.5 Å². The Balaban J connectivity index is 1.77. The van der Waals surface area contributed by atoms with Gasteiger partial charge in [-0.1, -0.05) is 24.3 Å². The van der Waals surface area contributed by atoms with E-state index in [0.29, 0.717) is 22.3 Å². The molecule has 3 rings (SSSR count). The second-order valence-electron chi connectivity index (χ2n) is 7.22. The molecular weight excluding hydrogens is 415 g/mol. The van der Waals surface area contributed by atoms with Gasteiger partial charge in [0.15, 0.2) is 0 Å². The largest absolute Gasteiger partial charge is 0.467 e. The van der Waals surface area contributed by atoms with Crippen LogP contribution in [0.1, 0.15) is 18.2 Å². The number of hydrogen-bond donors (Lipinski definition) is 2. The molecule has 0 bridgehead atoms. The molecule has 2 aromatic carbocycles. The number of methoxy groups -OCH3 is 1. The molecule has 32 heavy (non-hydrogen) atoms. The number of esters is 1. The number of nitrogens with one attached hydrogen (secondary N) is 2. The molecule has 0 unspecified atom stereocenters. The molecule has 0 aliphatic carbocycles. The molecule has 8 nitrogen and oxygen atoms in total. The Morgan fingerprint density at radius 3 is 2.31 bits per heavy atom. The van der Waals surface area contributed by atoms with Crippen molar-refractivity contribution in [1.82, 2.24) is 20.6 Å². The predicted octanol–water partition coefficient (Wildman–Crippen LogP) is 1.72. The van der Waals surface area contributed by atoms with Crippen LogP contribution in [0.25, 0.3) is 11.0 Å². The number of hydrogen-bond acceptors (Lipinski definition) is 6. The monoisotopic (exact) mass is 438 g/mol. The van der Waals surface area contributed by atoms with Crippen LogP contribution in [-0.2, 0) is 32.0 Å².